The maximum absolute atomic E-state index is 12.7. The monoisotopic (exact) mass is 486 g/mol. The zero-order valence-corrected chi connectivity index (χ0v) is 19.3. The van der Waals surface area contributed by atoms with Gasteiger partial charge in [-0.3, -0.25) is 9.59 Å². The Bertz CT molecular complexity index is 1050. The highest BCUT2D eigenvalue weighted by Crippen LogP contribution is 2.28. The molecule has 1 aliphatic heterocycles. The number of methoxy groups -OCH3 is 1. The molecule has 0 aliphatic carbocycles. The van der Waals surface area contributed by atoms with Crippen LogP contribution in [0, 0.1) is 0 Å². The quantitative estimate of drug-likeness (QED) is 0.574. The Balaban J connectivity index is 1.50. The van der Waals surface area contributed by atoms with Crippen LogP contribution in [0.25, 0.3) is 0 Å². The van der Waals surface area contributed by atoms with Gasteiger partial charge in [0.2, 0.25) is 0 Å². The van der Waals surface area contributed by atoms with E-state index in [1.54, 1.807) is 18.2 Å². The average molecular weight is 487 g/mol. The van der Waals surface area contributed by atoms with Crippen LogP contribution in [0.15, 0.2) is 34.5 Å². The summed E-state index contributed by atoms with van der Waals surface area (Å²) >= 11 is 7.05. The van der Waals surface area contributed by atoms with Crippen molar-refractivity contribution in [3.05, 3.63) is 40.2 Å². The number of hydrogen-bond donors (Lipinski definition) is 1. The van der Waals surface area contributed by atoms with Gasteiger partial charge in [-0.15, -0.1) is 11.3 Å². The number of thiophene rings is 1. The minimum absolute atomic E-state index is 0.109. The maximum atomic E-state index is 12.7. The van der Waals surface area contributed by atoms with E-state index in [0.29, 0.717) is 34.4 Å². The molecule has 3 rings (SSSR count). The van der Waals surface area contributed by atoms with Crippen molar-refractivity contribution in [2.75, 3.05) is 32.1 Å². The summed E-state index contributed by atoms with van der Waals surface area (Å²) in [5.74, 6) is -0.662. The Morgan fingerprint density at radius 2 is 1.90 bits per heavy atom. The lowest BCUT2D eigenvalue weighted by molar-refractivity contribution is -0.146. The van der Waals surface area contributed by atoms with Gasteiger partial charge in [-0.2, -0.15) is 4.31 Å². The molecule has 8 nitrogen and oxygen atoms in total. The molecular weight excluding hydrogens is 464 g/mol. The second-order valence-corrected chi connectivity index (χ2v) is 10.7. The summed E-state index contributed by atoms with van der Waals surface area (Å²) in [7, 11) is -2.05. The molecule has 0 spiro atoms. The number of rotatable bonds is 8. The van der Waals surface area contributed by atoms with Crippen molar-refractivity contribution >= 4 is 50.5 Å². The van der Waals surface area contributed by atoms with Crippen LogP contribution in [-0.4, -0.2) is 51.4 Å². The van der Waals surface area contributed by atoms with E-state index in [1.807, 2.05) is 0 Å². The lowest BCUT2D eigenvalue weighted by Gasteiger charge is -2.25. The topological polar surface area (TPSA) is 102 Å². The largest absolute Gasteiger partial charge is 0.495 e. The molecule has 2 aromatic rings. The van der Waals surface area contributed by atoms with Crippen LogP contribution in [0.4, 0.5) is 5.69 Å². The van der Waals surface area contributed by atoms with Crippen LogP contribution in [0.5, 0.6) is 5.75 Å². The van der Waals surface area contributed by atoms with Crippen LogP contribution >= 0.6 is 22.9 Å². The maximum Gasteiger partial charge on any atom is 0.311 e. The third-order valence-electron chi connectivity index (χ3n) is 4.66. The third-order valence-corrected chi connectivity index (χ3v) is 8.41. The number of hydrogen-bond acceptors (Lipinski definition) is 7. The van der Waals surface area contributed by atoms with E-state index in [-0.39, 0.29) is 10.6 Å². The van der Waals surface area contributed by atoms with E-state index < -0.39 is 28.5 Å². The van der Waals surface area contributed by atoms with Crippen LogP contribution in [0.1, 0.15) is 24.1 Å². The number of carbonyl (C=O) groups is 2. The smallest absolute Gasteiger partial charge is 0.311 e. The Morgan fingerprint density at radius 1 is 1.16 bits per heavy atom. The lowest BCUT2D eigenvalue weighted by Crippen LogP contribution is -2.35. The molecule has 1 fully saturated rings. The molecule has 1 N–H and O–H groups in total. The number of esters is 1. The summed E-state index contributed by atoms with van der Waals surface area (Å²) in [5.41, 5.74) is 0.442. The molecular formula is C20H23ClN2O6S2. The number of nitrogens with one attached hydrogen (secondary N) is 1. The van der Waals surface area contributed by atoms with Gasteiger partial charge in [0.05, 0.1) is 18.6 Å². The number of benzene rings is 1. The molecule has 1 aromatic heterocycles. The number of carbonyl (C=O) groups excluding carboxylic acids is 2. The molecule has 0 bridgehead atoms. The van der Waals surface area contributed by atoms with Gasteiger partial charge in [0.15, 0.2) is 6.61 Å². The zero-order chi connectivity index (χ0) is 22.4. The van der Waals surface area contributed by atoms with Crippen LogP contribution < -0.4 is 10.1 Å². The van der Waals surface area contributed by atoms with Gasteiger partial charge >= 0.3 is 5.97 Å². The number of ether oxygens (including phenoxy) is 2. The Labute approximate surface area is 190 Å². The number of nitrogens with zero attached hydrogens (tertiary/aromatic N) is 1. The lowest BCUT2D eigenvalue weighted by atomic mass is 10.2. The predicted octanol–water partition coefficient (Wildman–Crippen LogP) is 3.31. The molecule has 2 heterocycles. The van der Waals surface area contributed by atoms with Gasteiger partial charge in [0.1, 0.15) is 9.96 Å². The van der Waals surface area contributed by atoms with Crippen molar-refractivity contribution in [2.45, 2.75) is 29.9 Å². The van der Waals surface area contributed by atoms with Gasteiger partial charge in [0, 0.05) is 23.7 Å². The van der Waals surface area contributed by atoms with E-state index >= 15 is 0 Å². The van der Waals surface area contributed by atoms with Crippen molar-refractivity contribution < 1.29 is 27.5 Å². The highest BCUT2D eigenvalue weighted by atomic mass is 35.5. The van der Waals surface area contributed by atoms with E-state index in [2.05, 4.69) is 5.32 Å². The molecule has 31 heavy (non-hydrogen) atoms. The van der Waals surface area contributed by atoms with Crippen LogP contribution in [0.2, 0.25) is 5.02 Å². The van der Waals surface area contributed by atoms with E-state index in [0.717, 1.165) is 30.6 Å². The van der Waals surface area contributed by atoms with E-state index in [9.17, 15) is 18.0 Å². The summed E-state index contributed by atoms with van der Waals surface area (Å²) in [6.07, 6.45) is 2.64. The van der Waals surface area contributed by atoms with E-state index in [1.165, 1.54) is 23.5 Å². The SMILES string of the molecule is COc1ccc(NC(=O)COC(=O)Cc2ccc(S(=O)(=O)N3CCCCC3)s2)cc1Cl. The molecule has 0 radical (unpaired) electrons. The van der Waals surface area contributed by atoms with Gasteiger partial charge in [0.25, 0.3) is 15.9 Å². The number of amides is 1. The molecule has 168 valence electrons. The first-order valence-electron chi connectivity index (χ1n) is 9.67. The van der Waals surface area contributed by atoms with Crippen LogP contribution in [0.3, 0.4) is 0 Å². The predicted molar refractivity (Wildman–Crippen MR) is 118 cm³/mol. The van der Waals surface area contributed by atoms with Crippen molar-refractivity contribution in [2.24, 2.45) is 0 Å². The summed E-state index contributed by atoms with van der Waals surface area (Å²) in [6, 6.07) is 7.85. The van der Waals surface area contributed by atoms with Gasteiger partial charge in [-0.25, -0.2) is 8.42 Å². The molecule has 1 amide bonds. The number of halogens is 1. The molecule has 0 atom stereocenters. The zero-order valence-electron chi connectivity index (χ0n) is 16.9. The normalized spacial score (nSPS) is 14.8. The van der Waals surface area contributed by atoms with Gasteiger partial charge < -0.3 is 14.8 Å². The van der Waals surface area contributed by atoms with Crippen molar-refractivity contribution in [1.29, 1.82) is 0 Å². The van der Waals surface area contributed by atoms with Gasteiger partial charge in [-0.1, -0.05) is 18.0 Å². The van der Waals surface area contributed by atoms with Crippen molar-refractivity contribution in [1.82, 2.24) is 4.31 Å². The third kappa shape index (κ3) is 6.19. The Morgan fingerprint density at radius 3 is 2.58 bits per heavy atom. The number of piperidine rings is 1. The minimum Gasteiger partial charge on any atom is -0.495 e. The molecule has 0 unspecified atom stereocenters. The highest BCUT2D eigenvalue weighted by Gasteiger charge is 2.27. The standard InChI is InChI=1S/C20H23ClN2O6S2/c1-28-17-7-5-14(11-16(17)21)22-18(24)13-29-19(25)12-15-6-8-20(30-15)31(26,27)23-9-3-2-4-10-23/h5-8,11H,2-4,9-10,12-13H2,1H3,(H,22,24). The Hall–Kier alpha value is -2.14. The fourth-order valence-electron chi connectivity index (χ4n) is 3.10. The number of anilines is 1. The minimum atomic E-state index is -3.53. The Kier molecular flexibility index (Phi) is 7.93. The van der Waals surface area contributed by atoms with Crippen molar-refractivity contribution in [3.8, 4) is 5.75 Å². The summed E-state index contributed by atoms with van der Waals surface area (Å²) < 4.78 is 37.1. The second-order valence-electron chi connectivity index (χ2n) is 6.92. The number of sulfonamides is 1. The molecule has 1 aromatic carbocycles. The van der Waals surface area contributed by atoms with E-state index in [4.69, 9.17) is 21.1 Å². The summed E-state index contributed by atoms with van der Waals surface area (Å²) in [6.45, 7) is 0.574. The fraction of sp³-hybridized carbons (Fsp3) is 0.400. The van der Waals surface area contributed by atoms with Crippen LogP contribution in [-0.2, 0) is 30.8 Å². The van der Waals surface area contributed by atoms with Gasteiger partial charge in [-0.05, 0) is 43.2 Å². The summed E-state index contributed by atoms with van der Waals surface area (Å²) in [5, 5.41) is 2.91. The van der Waals surface area contributed by atoms with Crippen molar-refractivity contribution in [3.63, 3.8) is 0 Å². The molecule has 11 heteroatoms. The highest BCUT2D eigenvalue weighted by molar-refractivity contribution is 7.91. The first-order chi connectivity index (χ1) is 14.8. The molecule has 1 aliphatic rings. The average Bonchev–Trinajstić information content (AvgIpc) is 3.22. The second kappa shape index (κ2) is 10.4. The first kappa shape index (κ1) is 23.5. The molecule has 0 saturated carbocycles. The summed E-state index contributed by atoms with van der Waals surface area (Å²) in [4.78, 5) is 24.6. The fourth-order valence-corrected chi connectivity index (χ4v) is 6.38. The molecule has 1 saturated heterocycles. The first-order valence-corrected chi connectivity index (χ1v) is 12.3.